The van der Waals surface area contributed by atoms with Gasteiger partial charge >= 0.3 is 0 Å². The van der Waals surface area contributed by atoms with Crippen LogP contribution in [0.5, 0.6) is 11.5 Å². The second-order valence-electron chi connectivity index (χ2n) is 7.42. The number of carbonyl (C=O) groups is 3. The molecule has 0 spiro atoms. The highest BCUT2D eigenvalue weighted by Crippen LogP contribution is 2.30. The van der Waals surface area contributed by atoms with Gasteiger partial charge in [0, 0.05) is 29.5 Å². The van der Waals surface area contributed by atoms with Crippen molar-refractivity contribution in [3.8, 4) is 11.5 Å². The molecule has 32 heavy (non-hydrogen) atoms. The normalized spacial score (nSPS) is 12.7. The fourth-order valence-corrected chi connectivity index (χ4v) is 3.86. The second-order valence-corrected chi connectivity index (χ2v) is 7.42. The van der Waals surface area contributed by atoms with Crippen molar-refractivity contribution in [1.82, 2.24) is 10.2 Å². The molecule has 1 aliphatic rings. The molecule has 1 N–H and O–H groups in total. The molecule has 7 nitrogen and oxygen atoms in total. The van der Waals surface area contributed by atoms with Gasteiger partial charge in [0.2, 0.25) is 5.91 Å². The summed E-state index contributed by atoms with van der Waals surface area (Å²) in [4.78, 5) is 39.1. The van der Waals surface area contributed by atoms with E-state index in [9.17, 15) is 14.4 Å². The molecule has 0 saturated carbocycles. The van der Waals surface area contributed by atoms with Gasteiger partial charge in [-0.05, 0) is 36.1 Å². The highest BCUT2D eigenvalue weighted by Gasteiger charge is 2.32. The van der Waals surface area contributed by atoms with E-state index in [1.54, 1.807) is 31.4 Å². The molecule has 0 unspecified atom stereocenters. The molecular weight excluding hydrogens is 408 g/mol. The van der Waals surface area contributed by atoms with E-state index in [0.29, 0.717) is 47.6 Å². The minimum Gasteiger partial charge on any atom is -0.493 e. The first-order valence-corrected chi connectivity index (χ1v) is 10.5. The molecule has 0 atom stereocenters. The zero-order valence-corrected chi connectivity index (χ0v) is 17.8. The molecule has 0 radical (unpaired) electrons. The summed E-state index contributed by atoms with van der Waals surface area (Å²) in [5, 5.41) is 4.36. The van der Waals surface area contributed by atoms with E-state index in [4.69, 9.17) is 9.47 Å². The Morgan fingerprint density at radius 3 is 2.22 bits per heavy atom. The van der Waals surface area contributed by atoms with Crippen LogP contribution in [0.3, 0.4) is 0 Å². The van der Waals surface area contributed by atoms with Gasteiger partial charge in [0.1, 0.15) is 6.61 Å². The van der Waals surface area contributed by atoms with Crippen LogP contribution in [0.1, 0.15) is 33.6 Å². The summed E-state index contributed by atoms with van der Waals surface area (Å²) in [6.07, 6.45) is 0.590. The average molecular weight is 432 g/mol. The summed E-state index contributed by atoms with van der Waals surface area (Å²) < 4.78 is 10.8. The number of benzene rings is 3. The van der Waals surface area contributed by atoms with Crippen molar-refractivity contribution >= 4 is 28.5 Å². The fourth-order valence-electron chi connectivity index (χ4n) is 3.86. The van der Waals surface area contributed by atoms with Crippen molar-refractivity contribution in [1.29, 1.82) is 0 Å². The molecule has 0 bridgehead atoms. The Kier molecular flexibility index (Phi) is 6.35. The summed E-state index contributed by atoms with van der Waals surface area (Å²) in [5.74, 6) is 0.455. The Hall–Kier alpha value is -3.87. The Morgan fingerprint density at radius 2 is 1.56 bits per heavy atom. The lowest BCUT2D eigenvalue weighted by Crippen LogP contribution is -2.41. The largest absolute Gasteiger partial charge is 0.493 e. The standard InChI is InChI=1S/C25H24N2O5/c1-31-20-11-2-3-12-21(20)32-16-14-26-22(28)13-6-15-27-24(29)18-9-4-7-17-8-5-10-19(23(17)18)25(27)30/h2-5,7-12H,6,13-16H2,1H3,(H,26,28). The zero-order chi connectivity index (χ0) is 22.5. The van der Waals surface area contributed by atoms with Gasteiger partial charge in [-0.3, -0.25) is 19.3 Å². The molecule has 1 heterocycles. The monoisotopic (exact) mass is 432 g/mol. The Bertz CT molecular complexity index is 1120. The van der Waals surface area contributed by atoms with Crippen molar-refractivity contribution in [2.24, 2.45) is 0 Å². The van der Waals surface area contributed by atoms with E-state index in [-0.39, 0.29) is 30.7 Å². The maximum absolute atomic E-state index is 12.9. The molecule has 3 aromatic rings. The summed E-state index contributed by atoms with van der Waals surface area (Å²) in [6, 6.07) is 18.2. The third-order valence-electron chi connectivity index (χ3n) is 5.39. The Labute approximate surface area is 185 Å². The Balaban J connectivity index is 1.26. The highest BCUT2D eigenvalue weighted by molar-refractivity contribution is 6.25. The van der Waals surface area contributed by atoms with Gasteiger partial charge in [-0.2, -0.15) is 0 Å². The van der Waals surface area contributed by atoms with Crippen LogP contribution >= 0.6 is 0 Å². The van der Waals surface area contributed by atoms with Crippen LogP contribution in [0.4, 0.5) is 0 Å². The number of methoxy groups -OCH3 is 1. The summed E-state index contributed by atoms with van der Waals surface area (Å²) in [5.41, 5.74) is 1.05. The van der Waals surface area contributed by atoms with Crippen molar-refractivity contribution in [2.45, 2.75) is 12.8 Å². The van der Waals surface area contributed by atoms with E-state index in [0.717, 1.165) is 5.39 Å². The number of nitrogens with one attached hydrogen (secondary N) is 1. The number of nitrogens with zero attached hydrogens (tertiary/aromatic N) is 1. The van der Waals surface area contributed by atoms with E-state index in [1.807, 2.05) is 36.4 Å². The van der Waals surface area contributed by atoms with Crippen molar-refractivity contribution in [3.63, 3.8) is 0 Å². The molecule has 0 aromatic heterocycles. The summed E-state index contributed by atoms with van der Waals surface area (Å²) in [7, 11) is 1.57. The molecule has 0 fully saturated rings. The van der Waals surface area contributed by atoms with Crippen LogP contribution < -0.4 is 14.8 Å². The van der Waals surface area contributed by atoms with Gasteiger partial charge in [-0.1, -0.05) is 36.4 Å². The molecule has 1 aliphatic heterocycles. The molecule has 3 aromatic carbocycles. The van der Waals surface area contributed by atoms with E-state index < -0.39 is 0 Å². The third kappa shape index (κ3) is 4.27. The topological polar surface area (TPSA) is 84.9 Å². The smallest absolute Gasteiger partial charge is 0.261 e. The predicted molar refractivity (Wildman–Crippen MR) is 120 cm³/mol. The lowest BCUT2D eigenvalue weighted by atomic mass is 9.94. The van der Waals surface area contributed by atoms with Gasteiger partial charge in [-0.15, -0.1) is 0 Å². The number of imide groups is 1. The van der Waals surface area contributed by atoms with Crippen LogP contribution in [0.25, 0.3) is 10.8 Å². The Morgan fingerprint density at radius 1 is 0.906 bits per heavy atom. The molecule has 4 rings (SSSR count). The summed E-state index contributed by atoms with van der Waals surface area (Å²) >= 11 is 0. The first-order valence-electron chi connectivity index (χ1n) is 10.5. The fraction of sp³-hybridized carbons (Fsp3) is 0.240. The van der Waals surface area contributed by atoms with Gasteiger partial charge in [0.05, 0.1) is 13.7 Å². The lowest BCUT2D eigenvalue weighted by Gasteiger charge is -2.27. The van der Waals surface area contributed by atoms with E-state index >= 15 is 0 Å². The zero-order valence-electron chi connectivity index (χ0n) is 17.8. The predicted octanol–water partition coefficient (Wildman–Crippen LogP) is 3.42. The second kappa shape index (κ2) is 9.51. The number of para-hydroxylation sites is 2. The first kappa shape index (κ1) is 21.4. The first-order chi connectivity index (χ1) is 15.6. The maximum Gasteiger partial charge on any atom is 0.261 e. The number of hydrogen-bond acceptors (Lipinski definition) is 5. The quantitative estimate of drug-likeness (QED) is 0.414. The molecule has 164 valence electrons. The molecule has 3 amide bonds. The van der Waals surface area contributed by atoms with Crippen molar-refractivity contribution in [3.05, 3.63) is 71.8 Å². The van der Waals surface area contributed by atoms with Crippen LogP contribution in [-0.2, 0) is 4.79 Å². The minimum absolute atomic E-state index is 0.159. The number of hydrogen-bond donors (Lipinski definition) is 1. The average Bonchev–Trinajstić information content (AvgIpc) is 2.82. The highest BCUT2D eigenvalue weighted by atomic mass is 16.5. The molecular formula is C25H24N2O5. The summed E-state index contributed by atoms with van der Waals surface area (Å²) in [6.45, 7) is 0.831. The number of rotatable bonds is 9. The van der Waals surface area contributed by atoms with Gasteiger partial charge in [0.15, 0.2) is 11.5 Å². The van der Waals surface area contributed by atoms with Crippen molar-refractivity contribution in [2.75, 3.05) is 26.8 Å². The molecule has 0 saturated heterocycles. The van der Waals surface area contributed by atoms with Crippen LogP contribution in [0, 0.1) is 0 Å². The number of ether oxygens (including phenoxy) is 2. The van der Waals surface area contributed by atoms with Crippen molar-refractivity contribution < 1.29 is 23.9 Å². The van der Waals surface area contributed by atoms with Gasteiger partial charge in [0.25, 0.3) is 11.8 Å². The molecule has 7 heteroatoms. The maximum atomic E-state index is 12.9. The lowest BCUT2D eigenvalue weighted by molar-refractivity contribution is -0.121. The third-order valence-corrected chi connectivity index (χ3v) is 5.39. The van der Waals surface area contributed by atoms with Gasteiger partial charge < -0.3 is 14.8 Å². The van der Waals surface area contributed by atoms with E-state index in [1.165, 1.54) is 4.90 Å². The number of carbonyl (C=O) groups excluding carboxylic acids is 3. The van der Waals surface area contributed by atoms with E-state index in [2.05, 4.69) is 5.32 Å². The number of amides is 3. The van der Waals surface area contributed by atoms with Crippen LogP contribution in [0.15, 0.2) is 60.7 Å². The van der Waals surface area contributed by atoms with Gasteiger partial charge in [-0.25, -0.2) is 0 Å². The van der Waals surface area contributed by atoms with Crippen LogP contribution in [0.2, 0.25) is 0 Å². The SMILES string of the molecule is COc1ccccc1OCCNC(=O)CCCN1C(=O)c2cccc3cccc(c23)C1=O. The van der Waals surface area contributed by atoms with Crippen LogP contribution in [-0.4, -0.2) is 49.4 Å². The minimum atomic E-state index is -0.315. The molecule has 0 aliphatic carbocycles.